The van der Waals surface area contributed by atoms with Crippen LogP contribution in [-0.2, 0) is 10.2 Å². The van der Waals surface area contributed by atoms with Gasteiger partial charge in [-0.05, 0) is 49.4 Å². The van der Waals surface area contributed by atoms with Crippen LogP contribution in [0.25, 0.3) is 10.9 Å². The smallest absolute Gasteiger partial charge is 0.233 e. The highest BCUT2D eigenvalue weighted by molar-refractivity contribution is 5.97. The summed E-state index contributed by atoms with van der Waals surface area (Å²) >= 11 is 0. The maximum atomic E-state index is 13.4. The van der Waals surface area contributed by atoms with Gasteiger partial charge in [0.2, 0.25) is 5.91 Å². The molecule has 4 rings (SSSR count). The maximum absolute atomic E-state index is 13.4. The molecule has 1 aromatic carbocycles. The Morgan fingerprint density at radius 2 is 1.86 bits per heavy atom. The van der Waals surface area contributed by atoms with E-state index in [1.807, 2.05) is 6.20 Å². The van der Waals surface area contributed by atoms with E-state index in [1.165, 1.54) is 25.0 Å². The molecular formula is C18H21FN2O. The molecule has 1 amide bonds. The summed E-state index contributed by atoms with van der Waals surface area (Å²) in [5.41, 5.74) is 1.47. The van der Waals surface area contributed by atoms with E-state index in [0.717, 1.165) is 55.2 Å². The molecule has 1 aliphatic carbocycles. The lowest BCUT2D eigenvalue weighted by molar-refractivity contribution is -0.133. The third-order valence-electron chi connectivity index (χ3n) is 5.21. The number of benzene rings is 1. The van der Waals surface area contributed by atoms with Crippen molar-refractivity contribution in [2.24, 2.45) is 0 Å². The van der Waals surface area contributed by atoms with E-state index in [4.69, 9.17) is 0 Å². The van der Waals surface area contributed by atoms with Crippen LogP contribution in [0, 0.1) is 5.82 Å². The number of rotatable bonds is 2. The Bertz CT molecular complexity index is 709. The van der Waals surface area contributed by atoms with Crippen LogP contribution in [0.5, 0.6) is 0 Å². The quantitative estimate of drug-likeness (QED) is 0.901. The number of fused-ring (bicyclic) bond motifs is 1. The molecule has 1 aromatic heterocycles. The SMILES string of the molecule is O=C(N1CCCCCC1)C1(c2c[nH]c3cc(F)ccc23)CC1. The maximum Gasteiger partial charge on any atom is 0.233 e. The molecule has 2 fully saturated rings. The molecule has 116 valence electrons. The van der Waals surface area contributed by atoms with E-state index < -0.39 is 0 Å². The first-order chi connectivity index (χ1) is 10.7. The second-order valence-corrected chi connectivity index (χ2v) is 6.68. The molecule has 2 aromatic rings. The molecule has 4 heteroatoms. The molecule has 2 heterocycles. The largest absolute Gasteiger partial charge is 0.361 e. The van der Waals surface area contributed by atoms with Crippen molar-refractivity contribution in [3.05, 3.63) is 35.8 Å². The zero-order chi connectivity index (χ0) is 15.2. The molecule has 3 nitrogen and oxygen atoms in total. The van der Waals surface area contributed by atoms with E-state index in [1.54, 1.807) is 6.07 Å². The van der Waals surface area contributed by atoms with E-state index in [0.29, 0.717) is 0 Å². The Hall–Kier alpha value is -1.84. The number of aromatic nitrogens is 1. The highest BCUT2D eigenvalue weighted by Crippen LogP contribution is 2.52. The van der Waals surface area contributed by atoms with Crippen molar-refractivity contribution in [1.82, 2.24) is 9.88 Å². The molecule has 2 aliphatic rings. The minimum absolute atomic E-state index is 0.246. The second kappa shape index (κ2) is 5.11. The number of amides is 1. The third-order valence-corrected chi connectivity index (χ3v) is 5.21. The van der Waals surface area contributed by atoms with Crippen LogP contribution in [0.1, 0.15) is 44.1 Å². The number of carbonyl (C=O) groups excluding carboxylic acids is 1. The van der Waals surface area contributed by atoms with Gasteiger partial charge in [0.25, 0.3) is 0 Å². The summed E-state index contributed by atoms with van der Waals surface area (Å²) in [7, 11) is 0. The van der Waals surface area contributed by atoms with Crippen molar-refractivity contribution < 1.29 is 9.18 Å². The van der Waals surface area contributed by atoms with E-state index in [2.05, 4.69) is 9.88 Å². The summed E-state index contributed by atoms with van der Waals surface area (Å²) in [6, 6.07) is 4.78. The third kappa shape index (κ3) is 2.13. The minimum atomic E-state index is -0.361. The molecular weight excluding hydrogens is 279 g/mol. The lowest BCUT2D eigenvalue weighted by atomic mass is 9.93. The van der Waals surface area contributed by atoms with Gasteiger partial charge >= 0.3 is 0 Å². The van der Waals surface area contributed by atoms with Gasteiger partial charge in [0.05, 0.1) is 5.41 Å². The average molecular weight is 300 g/mol. The molecule has 1 saturated carbocycles. The molecule has 0 radical (unpaired) electrons. The number of halogens is 1. The molecule has 0 bridgehead atoms. The number of nitrogens with one attached hydrogen (secondary N) is 1. The zero-order valence-electron chi connectivity index (χ0n) is 12.7. The van der Waals surface area contributed by atoms with Crippen LogP contribution in [0.2, 0.25) is 0 Å². The lowest BCUT2D eigenvalue weighted by Gasteiger charge is -2.26. The van der Waals surface area contributed by atoms with Crippen LogP contribution in [0.15, 0.2) is 24.4 Å². The summed E-state index contributed by atoms with van der Waals surface area (Å²) in [6.45, 7) is 1.77. The van der Waals surface area contributed by atoms with Gasteiger partial charge in [-0.1, -0.05) is 12.8 Å². The number of hydrogen-bond donors (Lipinski definition) is 1. The van der Waals surface area contributed by atoms with Crippen LogP contribution < -0.4 is 0 Å². The van der Waals surface area contributed by atoms with Gasteiger partial charge in [0.15, 0.2) is 0 Å². The average Bonchev–Trinajstić information content (AvgIpc) is 3.27. The van der Waals surface area contributed by atoms with Gasteiger partial charge in [-0.2, -0.15) is 0 Å². The fraction of sp³-hybridized carbons (Fsp3) is 0.500. The molecule has 0 unspecified atom stereocenters. The normalized spacial score (nSPS) is 20.9. The van der Waals surface area contributed by atoms with Gasteiger partial charge in [-0.15, -0.1) is 0 Å². The first-order valence-electron chi connectivity index (χ1n) is 8.27. The predicted molar refractivity (Wildman–Crippen MR) is 84.2 cm³/mol. The highest BCUT2D eigenvalue weighted by Gasteiger charge is 2.54. The summed E-state index contributed by atoms with van der Waals surface area (Å²) in [6.07, 6.45) is 8.40. The number of hydrogen-bond acceptors (Lipinski definition) is 1. The number of carbonyl (C=O) groups is 1. The van der Waals surface area contributed by atoms with Crippen molar-refractivity contribution in [2.75, 3.05) is 13.1 Å². The number of likely N-dealkylation sites (tertiary alicyclic amines) is 1. The summed E-state index contributed by atoms with van der Waals surface area (Å²) in [5.74, 6) is 0.0317. The van der Waals surface area contributed by atoms with Crippen molar-refractivity contribution in [1.29, 1.82) is 0 Å². The van der Waals surface area contributed by atoms with Crippen LogP contribution >= 0.6 is 0 Å². The number of aromatic amines is 1. The van der Waals surface area contributed by atoms with Crippen molar-refractivity contribution in [2.45, 2.75) is 43.9 Å². The Kier molecular flexibility index (Phi) is 3.21. The van der Waals surface area contributed by atoms with Crippen LogP contribution in [0.4, 0.5) is 4.39 Å². The monoisotopic (exact) mass is 300 g/mol. The molecule has 1 saturated heterocycles. The van der Waals surface area contributed by atoms with Crippen molar-refractivity contribution >= 4 is 16.8 Å². The Morgan fingerprint density at radius 3 is 2.55 bits per heavy atom. The first kappa shape index (κ1) is 13.8. The standard InChI is InChI=1S/C18H21FN2O/c19-13-5-6-14-15(12-20-16(14)11-13)18(7-8-18)17(22)21-9-3-1-2-4-10-21/h5-6,11-12,20H,1-4,7-10H2. The second-order valence-electron chi connectivity index (χ2n) is 6.68. The van der Waals surface area contributed by atoms with Gasteiger partial charge in [-0.25, -0.2) is 4.39 Å². The Balaban J connectivity index is 1.69. The highest BCUT2D eigenvalue weighted by atomic mass is 19.1. The number of H-pyrrole nitrogens is 1. The fourth-order valence-electron chi connectivity index (χ4n) is 3.79. The van der Waals surface area contributed by atoms with Crippen LogP contribution in [-0.4, -0.2) is 28.9 Å². The van der Waals surface area contributed by atoms with E-state index in [9.17, 15) is 9.18 Å². The first-order valence-corrected chi connectivity index (χ1v) is 8.27. The topological polar surface area (TPSA) is 36.1 Å². The van der Waals surface area contributed by atoms with Gasteiger partial charge < -0.3 is 9.88 Å². The molecule has 0 spiro atoms. The Labute approximate surface area is 129 Å². The fourth-order valence-corrected chi connectivity index (χ4v) is 3.79. The van der Waals surface area contributed by atoms with Gasteiger partial charge in [0.1, 0.15) is 5.82 Å². The van der Waals surface area contributed by atoms with Crippen molar-refractivity contribution in [3.63, 3.8) is 0 Å². The van der Waals surface area contributed by atoms with Crippen molar-refractivity contribution in [3.8, 4) is 0 Å². The van der Waals surface area contributed by atoms with Gasteiger partial charge in [0, 0.05) is 30.2 Å². The summed E-state index contributed by atoms with van der Waals surface area (Å²) in [4.78, 5) is 18.3. The molecule has 1 N–H and O–H groups in total. The molecule has 22 heavy (non-hydrogen) atoms. The van der Waals surface area contributed by atoms with Crippen LogP contribution in [0.3, 0.4) is 0 Å². The van der Waals surface area contributed by atoms with E-state index in [-0.39, 0.29) is 17.1 Å². The Morgan fingerprint density at radius 1 is 1.14 bits per heavy atom. The predicted octanol–water partition coefficient (Wildman–Crippen LogP) is 3.74. The lowest BCUT2D eigenvalue weighted by Crippen LogP contribution is -2.39. The minimum Gasteiger partial charge on any atom is -0.361 e. The molecule has 0 atom stereocenters. The molecule has 1 aliphatic heterocycles. The summed E-state index contributed by atoms with van der Waals surface area (Å²) in [5, 5.41) is 0.988. The van der Waals surface area contributed by atoms with Gasteiger partial charge in [-0.3, -0.25) is 4.79 Å². The zero-order valence-corrected chi connectivity index (χ0v) is 12.7. The van der Waals surface area contributed by atoms with E-state index >= 15 is 0 Å². The number of nitrogens with zero attached hydrogens (tertiary/aromatic N) is 1. The summed E-state index contributed by atoms with van der Waals surface area (Å²) < 4.78 is 13.4.